The maximum atomic E-state index is 5.83. The van der Waals surface area contributed by atoms with Crippen molar-refractivity contribution in [3.05, 3.63) is 59.7 Å². The molecule has 2 aromatic carbocycles. The van der Waals surface area contributed by atoms with Gasteiger partial charge in [-0.1, -0.05) is 38.1 Å². The maximum Gasteiger partial charge on any atom is 0.123 e. The van der Waals surface area contributed by atoms with Crippen molar-refractivity contribution in [3.63, 3.8) is 0 Å². The Morgan fingerprint density at radius 3 is 1.89 bits per heavy atom. The highest BCUT2D eigenvalue weighted by molar-refractivity contribution is 5.41. The highest BCUT2D eigenvalue weighted by Crippen LogP contribution is 2.34. The maximum absolute atomic E-state index is 5.83. The Labute approximate surface area is 161 Å². The average Bonchev–Trinajstić information content (AvgIpc) is 3.58. The third kappa shape index (κ3) is 4.28. The molecular weight excluding hydrogens is 340 g/mol. The Hall–Kier alpha value is -2.04. The SMILES string of the molecule is CC1OC1COc1ccc(C(C)(C)c2ccc(OCC3(C)CO3)cc2)cc1. The minimum absolute atomic E-state index is 0.0918. The Morgan fingerprint density at radius 2 is 1.44 bits per heavy atom. The van der Waals surface area contributed by atoms with E-state index < -0.39 is 0 Å². The van der Waals surface area contributed by atoms with E-state index in [2.05, 4.69) is 52.0 Å². The summed E-state index contributed by atoms with van der Waals surface area (Å²) in [5.74, 6) is 1.77. The van der Waals surface area contributed by atoms with Crippen LogP contribution in [0.3, 0.4) is 0 Å². The van der Waals surface area contributed by atoms with E-state index in [0.717, 1.165) is 18.1 Å². The van der Waals surface area contributed by atoms with Gasteiger partial charge in [0.25, 0.3) is 0 Å². The zero-order chi connectivity index (χ0) is 19.1. The summed E-state index contributed by atoms with van der Waals surface area (Å²) in [4.78, 5) is 0. The average molecular weight is 368 g/mol. The number of epoxide rings is 2. The molecule has 0 bridgehead atoms. The molecule has 2 heterocycles. The number of hydrogen-bond acceptors (Lipinski definition) is 4. The number of ether oxygens (including phenoxy) is 4. The quantitative estimate of drug-likeness (QED) is 0.650. The van der Waals surface area contributed by atoms with E-state index in [1.807, 2.05) is 24.3 Å². The van der Waals surface area contributed by atoms with Crippen LogP contribution in [0, 0.1) is 0 Å². The summed E-state index contributed by atoms with van der Waals surface area (Å²) in [5, 5.41) is 0. The Morgan fingerprint density at radius 1 is 0.963 bits per heavy atom. The molecule has 0 spiro atoms. The van der Waals surface area contributed by atoms with E-state index in [-0.39, 0.29) is 17.1 Å². The molecule has 4 nitrogen and oxygen atoms in total. The third-order valence-electron chi connectivity index (χ3n) is 5.58. The van der Waals surface area contributed by atoms with Crippen molar-refractivity contribution in [3.8, 4) is 11.5 Å². The molecule has 4 rings (SSSR count). The molecule has 27 heavy (non-hydrogen) atoms. The van der Waals surface area contributed by atoms with Crippen molar-refractivity contribution in [1.29, 1.82) is 0 Å². The Balaban J connectivity index is 1.39. The normalized spacial score (nSPS) is 26.5. The van der Waals surface area contributed by atoms with Gasteiger partial charge >= 0.3 is 0 Å². The van der Waals surface area contributed by atoms with Gasteiger partial charge in [0.2, 0.25) is 0 Å². The van der Waals surface area contributed by atoms with E-state index in [9.17, 15) is 0 Å². The van der Waals surface area contributed by atoms with Crippen LogP contribution in [-0.2, 0) is 14.9 Å². The van der Waals surface area contributed by atoms with Gasteiger partial charge in [-0.2, -0.15) is 0 Å². The Kier molecular flexibility index (Phi) is 4.65. The van der Waals surface area contributed by atoms with E-state index >= 15 is 0 Å². The lowest BCUT2D eigenvalue weighted by Crippen LogP contribution is -2.19. The fourth-order valence-corrected chi connectivity index (χ4v) is 3.13. The van der Waals surface area contributed by atoms with Gasteiger partial charge in [0, 0.05) is 5.41 Å². The van der Waals surface area contributed by atoms with Gasteiger partial charge < -0.3 is 18.9 Å². The first-order valence-corrected chi connectivity index (χ1v) is 9.62. The highest BCUT2D eigenvalue weighted by Gasteiger charge is 2.40. The summed E-state index contributed by atoms with van der Waals surface area (Å²) in [6.45, 7) is 10.6. The molecule has 3 unspecified atom stereocenters. The van der Waals surface area contributed by atoms with Crippen molar-refractivity contribution in [2.75, 3.05) is 19.8 Å². The van der Waals surface area contributed by atoms with Crippen molar-refractivity contribution < 1.29 is 18.9 Å². The lowest BCUT2D eigenvalue weighted by atomic mass is 9.78. The predicted octanol–water partition coefficient (Wildman–Crippen LogP) is 4.35. The molecule has 2 aliphatic rings. The number of rotatable bonds is 8. The van der Waals surface area contributed by atoms with Crippen LogP contribution in [0.2, 0.25) is 0 Å². The topological polar surface area (TPSA) is 43.5 Å². The van der Waals surface area contributed by atoms with Crippen molar-refractivity contribution in [1.82, 2.24) is 0 Å². The molecule has 2 saturated heterocycles. The minimum Gasteiger partial charge on any atom is -0.491 e. The summed E-state index contributed by atoms with van der Waals surface area (Å²) >= 11 is 0. The molecule has 0 aliphatic carbocycles. The predicted molar refractivity (Wildman–Crippen MR) is 105 cm³/mol. The summed E-state index contributed by atoms with van der Waals surface area (Å²) in [5.41, 5.74) is 2.30. The minimum atomic E-state index is -0.100. The van der Waals surface area contributed by atoms with Crippen LogP contribution in [-0.4, -0.2) is 37.6 Å². The summed E-state index contributed by atoms with van der Waals surface area (Å²) in [6, 6.07) is 16.7. The summed E-state index contributed by atoms with van der Waals surface area (Å²) < 4.78 is 22.4. The standard InChI is InChI=1S/C23H28O4/c1-16-21(27-16)13-24-19-9-5-17(6-10-19)22(2,3)18-7-11-20(12-8-18)25-14-23(4)15-26-23/h5-12,16,21H,13-15H2,1-4H3. The first-order valence-electron chi connectivity index (χ1n) is 9.62. The molecule has 0 radical (unpaired) electrons. The second kappa shape index (κ2) is 6.84. The van der Waals surface area contributed by atoms with Gasteiger partial charge in [-0.25, -0.2) is 0 Å². The molecule has 0 N–H and O–H groups in total. The zero-order valence-corrected chi connectivity index (χ0v) is 16.5. The molecular formula is C23H28O4. The fraction of sp³-hybridized carbons (Fsp3) is 0.478. The summed E-state index contributed by atoms with van der Waals surface area (Å²) in [6.07, 6.45) is 0.575. The van der Waals surface area contributed by atoms with Crippen LogP contribution >= 0.6 is 0 Å². The van der Waals surface area contributed by atoms with Crippen LogP contribution in [0.1, 0.15) is 38.8 Å². The van der Waals surface area contributed by atoms with Gasteiger partial charge in [0.1, 0.15) is 36.4 Å². The smallest absolute Gasteiger partial charge is 0.123 e. The first kappa shape index (κ1) is 18.3. The van der Waals surface area contributed by atoms with Gasteiger partial charge in [-0.05, 0) is 49.2 Å². The van der Waals surface area contributed by atoms with Crippen LogP contribution < -0.4 is 9.47 Å². The van der Waals surface area contributed by atoms with Crippen molar-refractivity contribution in [2.24, 2.45) is 0 Å². The molecule has 2 aromatic rings. The molecule has 144 valence electrons. The number of hydrogen-bond donors (Lipinski definition) is 0. The van der Waals surface area contributed by atoms with Crippen LogP contribution in [0.15, 0.2) is 48.5 Å². The first-order chi connectivity index (χ1) is 12.9. The third-order valence-corrected chi connectivity index (χ3v) is 5.58. The van der Waals surface area contributed by atoms with Crippen LogP contribution in [0.4, 0.5) is 0 Å². The van der Waals surface area contributed by atoms with E-state index in [1.165, 1.54) is 11.1 Å². The molecule has 2 fully saturated rings. The molecule has 0 amide bonds. The van der Waals surface area contributed by atoms with Crippen LogP contribution in [0.25, 0.3) is 0 Å². The van der Waals surface area contributed by atoms with Crippen molar-refractivity contribution in [2.45, 2.75) is 50.9 Å². The highest BCUT2D eigenvalue weighted by atomic mass is 16.6. The second-order valence-electron chi connectivity index (χ2n) is 8.39. The lowest BCUT2D eigenvalue weighted by Gasteiger charge is -2.26. The molecule has 4 heteroatoms. The fourth-order valence-electron chi connectivity index (χ4n) is 3.13. The van der Waals surface area contributed by atoms with Gasteiger partial charge in [0.15, 0.2) is 0 Å². The van der Waals surface area contributed by atoms with Gasteiger partial charge in [-0.3, -0.25) is 0 Å². The van der Waals surface area contributed by atoms with E-state index in [4.69, 9.17) is 18.9 Å². The zero-order valence-electron chi connectivity index (χ0n) is 16.5. The van der Waals surface area contributed by atoms with E-state index in [1.54, 1.807) is 0 Å². The molecule has 2 aliphatic heterocycles. The Bertz CT molecular complexity index is 775. The summed E-state index contributed by atoms with van der Waals surface area (Å²) in [7, 11) is 0. The molecule has 0 saturated carbocycles. The second-order valence-corrected chi connectivity index (χ2v) is 8.39. The van der Waals surface area contributed by atoms with Gasteiger partial charge in [0.05, 0.1) is 12.7 Å². The largest absolute Gasteiger partial charge is 0.491 e. The monoisotopic (exact) mass is 368 g/mol. The number of benzene rings is 2. The van der Waals surface area contributed by atoms with Gasteiger partial charge in [-0.15, -0.1) is 0 Å². The van der Waals surface area contributed by atoms with E-state index in [0.29, 0.717) is 19.3 Å². The molecule has 0 aromatic heterocycles. The molecule has 3 atom stereocenters. The lowest BCUT2D eigenvalue weighted by molar-refractivity contribution is 0.202. The van der Waals surface area contributed by atoms with Crippen molar-refractivity contribution >= 4 is 0 Å². The van der Waals surface area contributed by atoms with Crippen LogP contribution in [0.5, 0.6) is 11.5 Å².